The van der Waals surface area contributed by atoms with Crippen LogP contribution in [0.5, 0.6) is 11.6 Å². The number of hydrogen-bond acceptors (Lipinski definition) is 6. The molecule has 1 aliphatic carbocycles. The predicted octanol–water partition coefficient (Wildman–Crippen LogP) is 5.85. The first kappa shape index (κ1) is 24.2. The highest BCUT2D eigenvalue weighted by molar-refractivity contribution is 6.33. The van der Waals surface area contributed by atoms with Crippen molar-refractivity contribution in [3.63, 3.8) is 0 Å². The van der Waals surface area contributed by atoms with Crippen LogP contribution in [-0.2, 0) is 6.54 Å². The third-order valence-corrected chi connectivity index (χ3v) is 7.80. The highest BCUT2D eigenvalue weighted by atomic mass is 35.5. The van der Waals surface area contributed by atoms with Gasteiger partial charge in [0.1, 0.15) is 23.5 Å². The molecule has 2 aromatic heterocycles. The third-order valence-electron chi connectivity index (χ3n) is 7.48. The van der Waals surface area contributed by atoms with Crippen LogP contribution < -0.4 is 9.47 Å². The summed E-state index contributed by atoms with van der Waals surface area (Å²) in [4.78, 5) is 16.4. The average Bonchev–Trinajstić information content (AvgIpc) is 3.52. The smallest absolute Gasteiger partial charge is 0.245 e. The zero-order chi connectivity index (χ0) is 25.4. The van der Waals surface area contributed by atoms with Crippen molar-refractivity contribution in [3.8, 4) is 23.0 Å². The van der Waals surface area contributed by atoms with E-state index < -0.39 is 0 Å². The fourth-order valence-electron chi connectivity index (χ4n) is 4.83. The summed E-state index contributed by atoms with van der Waals surface area (Å²) >= 11 is 6.86. The summed E-state index contributed by atoms with van der Waals surface area (Å²) in [5.74, 6) is 2.61. The highest BCUT2D eigenvalue weighted by Crippen LogP contribution is 2.41. The number of likely N-dealkylation sites (tertiary alicyclic amines) is 1. The Morgan fingerprint density at radius 1 is 1.05 bits per heavy atom. The summed E-state index contributed by atoms with van der Waals surface area (Å²) in [6, 6.07) is 16.2. The van der Waals surface area contributed by atoms with Gasteiger partial charge in [-0.25, -0.2) is 9.97 Å². The molecule has 0 unspecified atom stereocenters. The zero-order valence-electron chi connectivity index (χ0n) is 21.4. The van der Waals surface area contributed by atoms with Crippen LogP contribution in [0, 0.1) is 5.92 Å². The van der Waals surface area contributed by atoms with Gasteiger partial charge in [0.15, 0.2) is 11.2 Å². The molecule has 0 amide bonds. The fraction of sp³-hybridized carbons (Fsp3) is 0.414. The molecule has 0 N–H and O–H groups in total. The van der Waals surface area contributed by atoms with Crippen molar-refractivity contribution in [2.45, 2.75) is 44.8 Å². The number of fused-ring (bicyclic) bond motifs is 1. The molecule has 2 aliphatic rings. The van der Waals surface area contributed by atoms with E-state index in [0.29, 0.717) is 35.5 Å². The van der Waals surface area contributed by atoms with E-state index in [0.717, 1.165) is 67.1 Å². The van der Waals surface area contributed by atoms with Crippen molar-refractivity contribution in [1.82, 2.24) is 24.4 Å². The molecule has 0 atom stereocenters. The quantitative estimate of drug-likeness (QED) is 0.292. The number of halogens is 1. The summed E-state index contributed by atoms with van der Waals surface area (Å²) in [6.07, 6.45) is 5.91. The summed E-state index contributed by atoms with van der Waals surface area (Å²) in [7, 11) is 2.17. The number of aromatic nitrogens is 4. The molecule has 0 radical (unpaired) electrons. The van der Waals surface area contributed by atoms with Crippen molar-refractivity contribution >= 4 is 22.8 Å². The number of ether oxygens (including phenoxy) is 2. The maximum absolute atomic E-state index is 6.86. The van der Waals surface area contributed by atoms with E-state index in [-0.39, 0.29) is 5.60 Å². The number of imidazole rings is 1. The van der Waals surface area contributed by atoms with Gasteiger partial charge in [-0.1, -0.05) is 41.9 Å². The molecule has 3 heterocycles. The fourth-order valence-corrected chi connectivity index (χ4v) is 5.09. The van der Waals surface area contributed by atoms with Crippen LogP contribution in [0.25, 0.3) is 22.6 Å². The van der Waals surface area contributed by atoms with Crippen LogP contribution in [0.1, 0.15) is 38.2 Å². The molecular formula is C29H32ClN5O2. The second-order valence-electron chi connectivity index (χ2n) is 10.6. The average molecular weight is 518 g/mol. The standard InChI is InChI=1S/C29H32ClN5O2/c1-29(12-13-29)37-28-25-27(31-19-32-28)35(17-20-6-4-3-5-7-20)26(33-25)23-9-8-22(16-24(23)30)36-18-21-10-14-34(2)15-11-21/h3-9,16,19,21H,10-15,17-18H2,1-2H3. The highest BCUT2D eigenvalue weighted by Gasteiger charge is 2.41. The molecule has 6 rings (SSSR count). The lowest BCUT2D eigenvalue weighted by atomic mass is 9.98. The van der Waals surface area contributed by atoms with E-state index in [1.54, 1.807) is 6.33 Å². The maximum Gasteiger partial charge on any atom is 0.245 e. The molecule has 2 fully saturated rings. The lowest BCUT2D eigenvalue weighted by molar-refractivity contribution is 0.160. The minimum atomic E-state index is -0.172. The van der Waals surface area contributed by atoms with Crippen LogP contribution in [0.3, 0.4) is 0 Å². The summed E-state index contributed by atoms with van der Waals surface area (Å²) in [6.45, 7) is 5.67. The van der Waals surface area contributed by atoms with Gasteiger partial charge < -0.3 is 18.9 Å². The van der Waals surface area contributed by atoms with Gasteiger partial charge in [0.25, 0.3) is 0 Å². The van der Waals surface area contributed by atoms with Gasteiger partial charge in [-0.3, -0.25) is 0 Å². The first-order chi connectivity index (χ1) is 18.0. The van der Waals surface area contributed by atoms with E-state index in [1.807, 2.05) is 36.4 Å². The van der Waals surface area contributed by atoms with Gasteiger partial charge in [0, 0.05) is 5.56 Å². The topological polar surface area (TPSA) is 65.3 Å². The number of benzene rings is 2. The van der Waals surface area contributed by atoms with Crippen LogP contribution in [0.2, 0.25) is 5.02 Å². The van der Waals surface area contributed by atoms with E-state index in [4.69, 9.17) is 26.1 Å². The lowest BCUT2D eigenvalue weighted by Gasteiger charge is -2.28. The Hall–Kier alpha value is -3.16. The Morgan fingerprint density at radius 2 is 1.84 bits per heavy atom. The molecule has 1 saturated heterocycles. The van der Waals surface area contributed by atoms with Crippen LogP contribution in [0.4, 0.5) is 0 Å². The monoisotopic (exact) mass is 517 g/mol. The van der Waals surface area contributed by atoms with Crippen LogP contribution in [-0.4, -0.2) is 56.8 Å². The van der Waals surface area contributed by atoms with Crippen LogP contribution in [0.15, 0.2) is 54.9 Å². The number of nitrogens with zero attached hydrogens (tertiary/aromatic N) is 5. The lowest BCUT2D eigenvalue weighted by Crippen LogP contribution is -2.32. The van der Waals surface area contributed by atoms with E-state index in [1.165, 1.54) is 0 Å². The number of hydrogen-bond donors (Lipinski definition) is 0. The van der Waals surface area contributed by atoms with Gasteiger partial charge in [0.2, 0.25) is 5.88 Å². The molecule has 8 heteroatoms. The van der Waals surface area contributed by atoms with E-state index >= 15 is 0 Å². The Balaban J connectivity index is 1.33. The van der Waals surface area contributed by atoms with Crippen molar-refractivity contribution in [1.29, 1.82) is 0 Å². The minimum absolute atomic E-state index is 0.172. The summed E-state index contributed by atoms with van der Waals surface area (Å²) < 4.78 is 14.5. The molecule has 1 saturated carbocycles. The first-order valence-electron chi connectivity index (χ1n) is 13.0. The molecule has 0 bridgehead atoms. The molecule has 2 aromatic carbocycles. The first-order valence-corrected chi connectivity index (χ1v) is 13.4. The largest absolute Gasteiger partial charge is 0.493 e. The van der Waals surface area contributed by atoms with Crippen molar-refractivity contribution < 1.29 is 9.47 Å². The predicted molar refractivity (Wildman–Crippen MR) is 145 cm³/mol. The zero-order valence-corrected chi connectivity index (χ0v) is 22.1. The normalized spacial score (nSPS) is 17.7. The molecule has 1 aliphatic heterocycles. The summed E-state index contributed by atoms with van der Waals surface area (Å²) in [5, 5.41) is 0.593. The molecule has 192 valence electrons. The number of piperidine rings is 1. The minimum Gasteiger partial charge on any atom is -0.493 e. The van der Waals surface area contributed by atoms with Crippen molar-refractivity contribution in [2.24, 2.45) is 5.92 Å². The van der Waals surface area contributed by atoms with E-state index in [2.05, 4.69) is 45.5 Å². The van der Waals surface area contributed by atoms with Gasteiger partial charge in [-0.2, -0.15) is 4.98 Å². The number of rotatable bonds is 8. The molecule has 0 spiro atoms. The van der Waals surface area contributed by atoms with E-state index in [9.17, 15) is 0 Å². The van der Waals surface area contributed by atoms with Crippen molar-refractivity contribution in [2.75, 3.05) is 26.7 Å². The van der Waals surface area contributed by atoms with Gasteiger partial charge in [-0.15, -0.1) is 0 Å². The second kappa shape index (κ2) is 9.95. The SMILES string of the molecule is CN1CCC(COc2ccc(-c3nc4c(OC5(C)CC5)ncnc4n3Cc3ccccc3)c(Cl)c2)CC1. The Labute approximate surface area is 222 Å². The van der Waals surface area contributed by atoms with Gasteiger partial charge in [0.05, 0.1) is 18.2 Å². The summed E-state index contributed by atoms with van der Waals surface area (Å²) in [5.41, 5.74) is 3.18. The van der Waals surface area contributed by atoms with Crippen LogP contribution >= 0.6 is 11.6 Å². The van der Waals surface area contributed by atoms with Crippen molar-refractivity contribution in [3.05, 3.63) is 65.4 Å². The maximum atomic E-state index is 6.86. The molecule has 37 heavy (non-hydrogen) atoms. The molecule has 4 aromatic rings. The Bertz CT molecular complexity index is 1390. The Morgan fingerprint density at radius 3 is 2.57 bits per heavy atom. The van der Waals surface area contributed by atoms with Gasteiger partial charge in [-0.05, 0) is 82.4 Å². The molecular weight excluding hydrogens is 486 g/mol. The second-order valence-corrected chi connectivity index (χ2v) is 11.0. The Kier molecular flexibility index (Phi) is 6.51. The third kappa shape index (κ3) is 5.29. The van der Waals surface area contributed by atoms with Gasteiger partial charge >= 0.3 is 0 Å². The molecule has 7 nitrogen and oxygen atoms in total.